The van der Waals surface area contributed by atoms with E-state index in [2.05, 4.69) is 5.32 Å². The Morgan fingerprint density at radius 2 is 1.70 bits per heavy atom. The van der Waals surface area contributed by atoms with Crippen LogP contribution in [0.1, 0.15) is 15.9 Å². The second kappa shape index (κ2) is 8.92. The topological polar surface area (TPSA) is 80.6 Å². The summed E-state index contributed by atoms with van der Waals surface area (Å²) in [6.07, 6.45) is 1.64. The summed E-state index contributed by atoms with van der Waals surface area (Å²) in [5.74, 6) is -0.156. The van der Waals surface area contributed by atoms with Crippen LogP contribution in [0, 0.1) is 0 Å². The van der Waals surface area contributed by atoms with Crippen LogP contribution in [0.5, 0.6) is 0 Å². The van der Waals surface area contributed by atoms with E-state index in [9.17, 15) is 14.4 Å². The molecule has 0 spiro atoms. The fourth-order valence-electron chi connectivity index (χ4n) is 3.52. The van der Waals surface area contributed by atoms with Crippen molar-refractivity contribution in [2.45, 2.75) is 13.1 Å². The third-order valence-electron chi connectivity index (χ3n) is 5.19. The number of morpholine rings is 1. The second-order valence-electron chi connectivity index (χ2n) is 7.20. The fourth-order valence-corrected chi connectivity index (χ4v) is 3.52. The first-order chi connectivity index (χ1) is 14.6. The molecule has 0 bridgehead atoms. The highest BCUT2D eigenvalue weighted by molar-refractivity contribution is 5.94. The van der Waals surface area contributed by atoms with Crippen molar-refractivity contribution in [1.29, 1.82) is 0 Å². The van der Waals surface area contributed by atoms with Gasteiger partial charge in [0.05, 0.1) is 18.7 Å². The zero-order chi connectivity index (χ0) is 20.9. The smallest absolute Gasteiger partial charge is 0.254 e. The van der Waals surface area contributed by atoms with E-state index in [1.165, 1.54) is 6.07 Å². The maximum absolute atomic E-state index is 12.5. The van der Waals surface area contributed by atoms with E-state index in [-0.39, 0.29) is 23.8 Å². The lowest BCUT2D eigenvalue weighted by atomic mass is 10.1. The van der Waals surface area contributed by atoms with Crippen LogP contribution in [0.2, 0.25) is 0 Å². The van der Waals surface area contributed by atoms with Crippen molar-refractivity contribution in [3.8, 4) is 0 Å². The lowest BCUT2D eigenvalue weighted by Crippen LogP contribution is -2.40. The van der Waals surface area contributed by atoms with Gasteiger partial charge in [-0.05, 0) is 29.8 Å². The number of pyridine rings is 1. The van der Waals surface area contributed by atoms with Crippen molar-refractivity contribution >= 4 is 22.7 Å². The summed E-state index contributed by atoms with van der Waals surface area (Å²) in [7, 11) is 0. The van der Waals surface area contributed by atoms with Crippen LogP contribution in [-0.4, -0.2) is 47.6 Å². The molecule has 0 unspecified atom stereocenters. The molecule has 154 valence electrons. The molecule has 1 fully saturated rings. The van der Waals surface area contributed by atoms with Crippen molar-refractivity contribution < 1.29 is 14.3 Å². The number of rotatable bonds is 5. The van der Waals surface area contributed by atoms with Crippen molar-refractivity contribution in [1.82, 2.24) is 14.8 Å². The van der Waals surface area contributed by atoms with Gasteiger partial charge in [0, 0.05) is 42.8 Å². The van der Waals surface area contributed by atoms with Crippen molar-refractivity contribution in [2.75, 3.05) is 26.3 Å². The number of hydrogen-bond acceptors (Lipinski definition) is 4. The minimum atomic E-state index is -0.155. The number of carbonyl (C=O) groups excluding carboxylic acids is 2. The number of hydrogen-bond donors (Lipinski definition) is 1. The average molecular weight is 405 g/mol. The van der Waals surface area contributed by atoms with Crippen molar-refractivity contribution in [3.63, 3.8) is 0 Å². The maximum atomic E-state index is 12.5. The monoisotopic (exact) mass is 405 g/mol. The summed E-state index contributed by atoms with van der Waals surface area (Å²) in [5.41, 5.74) is 2.21. The van der Waals surface area contributed by atoms with Gasteiger partial charge in [0.25, 0.3) is 5.91 Å². The summed E-state index contributed by atoms with van der Waals surface area (Å²) in [6, 6.07) is 16.0. The Hall–Kier alpha value is -3.45. The summed E-state index contributed by atoms with van der Waals surface area (Å²) >= 11 is 0. The van der Waals surface area contributed by atoms with E-state index in [0.29, 0.717) is 43.8 Å². The van der Waals surface area contributed by atoms with Gasteiger partial charge in [-0.15, -0.1) is 0 Å². The van der Waals surface area contributed by atoms with Gasteiger partial charge >= 0.3 is 0 Å². The van der Waals surface area contributed by atoms with Crippen LogP contribution in [0.15, 0.2) is 65.6 Å². The predicted octanol–water partition coefficient (Wildman–Crippen LogP) is 1.79. The number of amides is 2. The second-order valence-corrected chi connectivity index (χ2v) is 7.20. The molecule has 1 N–H and O–H groups in total. The quantitative estimate of drug-likeness (QED) is 0.702. The van der Waals surface area contributed by atoms with Gasteiger partial charge in [0.2, 0.25) is 5.91 Å². The van der Waals surface area contributed by atoms with Crippen LogP contribution in [0.25, 0.3) is 10.9 Å². The highest BCUT2D eigenvalue weighted by atomic mass is 16.5. The number of fused-ring (bicyclic) bond motifs is 1. The van der Waals surface area contributed by atoms with E-state index >= 15 is 0 Å². The minimum Gasteiger partial charge on any atom is -0.378 e. The number of benzene rings is 2. The molecule has 2 amide bonds. The van der Waals surface area contributed by atoms with E-state index in [4.69, 9.17) is 4.74 Å². The Bertz CT molecular complexity index is 1120. The Morgan fingerprint density at radius 3 is 2.47 bits per heavy atom. The van der Waals surface area contributed by atoms with Gasteiger partial charge in [-0.1, -0.05) is 24.3 Å². The van der Waals surface area contributed by atoms with Gasteiger partial charge in [-0.25, -0.2) is 0 Å². The first kappa shape index (κ1) is 19.8. The van der Waals surface area contributed by atoms with Gasteiger partial charge < -0.3 is 19.5 Å². The van der Waals surface area contributed by atoms with Crippen molar-refractivity contribution in [3.05, 3.63) is 82.1 Å². The third kappa shape index (κ3) is 4.41. The molecule has 0 aliphatic carbocycles. The number of ether oxygens (including phenoxy) is 1. The molecule has 0 atom stereocenters. The molecule has 3 aromatic rings. The van der Waals surface area contributed by atoms with Gasteiger partial charge in [-0.2, -0.15) is 0 Å². The SMILES string of the molecule is O=C(Cn1ccc(=O)c2ccccc21)NCc1ccc(C(=O)N2CCOCC2)cc1. The van der Waals surface area contributed by atoms with Crippen LogP contribution >= 0.6 is 0 Å². The molecule has 30 heavy (non-hydrogen) atoms. The molecule has 4 rings (SSSR count). The number of nitrogens with zero attached hydrogens (tertiary/aromatic N) is 2. The molecule has 2 heterocycles. The highest BCUT2D eigenvalue weighted by Gasteiger charge is 2.18. The van der Waals surface area contributed by atoms with Crippen LogP contribution in [0.3, 0.4) is 0 Å². The number of para-hydroxylation sites is 1. The molecular formula is C23H23N3O4. The molecule has 1 aromatic heterocycles. The molecule has 7 nitrogen and oxygen atoms in total. The fraction of sp³-hybridized carbons (Fsp3) is 0.261. The Balaban J connectivity index is 1.36. The summed E-state index contributed by atoms with van der Waals surface area (Å²) < 4.78 is 7.04. The lowest BCUT2D eigenvalue weighted by Gasteiger charge is -2.26. The number of nitrogens with one attached hydrogen (secondary N) is 1. The normalized spacial score (nSPS) is 13.9. The van der Waals surface area contributed by atoms with E-state index in [0.717, 1.165) is 11.1 Å². The zero-order valence-corrected chi connectivity index (χ0v) is 16.5. The average Bonchev–Trinajstić information content (AvgIpc) is 2.80. The van der Waals surface area contributed by atoms with Crippen LogP contribution in [0.4, 0.5) is 0 Å². The molecule has 0 radical (unpaired) electrons. The van der Waals surface area contributed by atoms with E-state index in [1.807, 2.05) is 30.3 Å². The molecular weight excluding hydrogens is 382 g/mol. The lowest BCUT2D eigenvalue weighted by molar-refractivity contribution is -0.121. The Morgan fingerprint density at radius 1 is 0.967 bits per heavy atom. The Kier molecular flexibility index (Phi) is 5.90. The minimum absolute atomic E-state index is 0.000941. The molecule has 7 heteroatoms. The predicted molar refractivity (Wildman–Crippen MR) is 113 cm³/mol. The van der Waals surface area contributed by atoms with E-state index in [1.54, 1.807) is 33.9 Å². The van der Waals surface area contributed by atoms with Crippen molar-refractivity contribution in [2.24, 2.45) is 0 Å². The molecule has 1 saturated heterocycles. The largest absolute Gasteiger partial charge is 0.378 e. The highest BCUT2D eigenvalue weighted by Crippen LogP contribution is 2.11. The number of aromatic nitrogens is 1. The molecule has 1 aliphatic heterocycles. The Labute approximate surface area is 173 Å². The summed E-state index contributed by atoms with van der Waals surface area (Å²) in [5, 5.41) is 3.48. The molecule has 1 aliphatic rings. The van der Waals surface area contributed by atoms with Gasteiger partial charge in [0.1, 0.15) is 6.54 Å². The first-order valence-corrected chi connectivity index (χ1v) is 9.93. The molecule has 2 aromatic carbocycles. The van der Waals surface area contributed by atoms with Crippen LogP contribution < -0.4 is 10.7 Å². The number of carbonyl (C=O) groups is 2. The summed E-state index contributed by atoms with van der Waals surface area (Å²) in [6.45, 7) is 2.84. The van der Waals surface area contributed by atoms with Crippen LogP contribution in [-0.2, 0) is 22.6 Å². The third-order valence-corrected chi connectivity index (χ3v) is 5.19. The first-order valence-electron chi connectivity index (χ1n) is 9.93. The van der Waals surface area contributed by atoms with E-state index < -0.39 is 0 Å². The summed E-state index contributed by atoms with van der Waals surface area (Å²) in [4.78, 5) is 38.6. The standard InChI is InChI=1S/C23H23N3O4/c27-21-9-10-26(20-4-2-1-3-19(20)21)16-22(28)24-15-17-5-7-18(8-6-17)23(29)25-11-13-30-14-12-25/h1-10H,11-16H2,(H,24,28). The van der Waals surface area contributed by atoms with Gasteiger partial charge in [-0.3, -0.25) is 14.4 Å². The zero-order valence-electron chi connectivity index (χ0n) is 16.5. The van der Waals surface area contributed by atoms with Gasteiger partial charge in [0.15, 0.2) is 5.43 Å². The maximum Gasteiger partial charge on any atom is 0.254 e. The molecule has 0 saturated carbocycles.